The number of ether oxygens (including phenoxy) is 1. The van der Waals surface area contributed by atoms with Gasteiger partial charge in [-0.3, -0.25) is 29.9 Å². The fourth-order valence-electron chi connectivity index (χ4n) is 7.04. The third-order valence-electron chi connectivity index (χ3n) is 10.4. The van der Waals surface area contributed by atoms with Gasteiger partial charge in [0, 0.05) is 65.7 Å². The van der Waals surface area contributed by atoms with Crippen LogP contribution in [0.15, 0.2) is 88.6 Å². The molecule has 0 radical (unpaired) electrons. The molecule has 2 aromatic carbocycles. The zero-order chi connectivity index (χ0) is 37.4. The number of anilines is 1. The van der Waals surface area contributed by atoms with Crippen molar-refractivity contribution in [3.05, 3.63) is 112 Å². The molecule has 1 N–H and O–H groups in total. The van der Waals surface area contributed by atoms with Crippen LogP contribution in [0.3, 0.4) is 0 Å². The van der Waals surface area contributed by atoms with Crippen LogP contribution in [0.25, 0.3) is 0 Å². The van der Waals surface area contributed by atoms with E-state index in [1.807, 2.05) is 92.1 Å². The number of piperazine rings is 1. The van der Waals surface area contributed by atoms with Crippen molar-refractivity contribution in [3.63, 3.8) is 0 Å². The van der Waals surface area contributed by atoms with Gasteiger partial charge in [-0.05, 0) is 69.2 Å². The second kappa shape index (κ2) is 14.6. The van der Waals surface area contributed by atoms with E-state index in [1.54, 1.807) is 18.3 Å². The largest absolute Gasteiger partial charge is 0.493 e. The van der Waals surface area contributed by atoms with Crippen molar-refractivity contribution >= 4 is 46.9 Å². The minimum absolute atomic E-state index is 0.174. The molecular weight excluding hydrogens is 699 g/mol. The van der Waals surface area contributed by atoms with Crippen molar-refractivity contribution in [2.45, 2.75) is 71.0 Å². The molecule has 6 rings (SSSR count). The molecule has 3 amide bonds. The molecular formula is C40H46Cl2N6O4. The number of halogens is 2. The summed E-state index contributed by atoms with van der Waals surface area (Å²) in [5.41, 5.74) is 0.904. The molecule has 274 valence electrons. The van der Waals surface area contributed by atoms with Crippen molar-refractivity contribution in [3.8, 4) is 5.75 Å². The number of nitrogens with one attached hydrogen (secondary N) is 1. The molecule has 0 saturated carbocycles. The predicted octanol–water partition coefficient (Wildman–Crippen LogP) is 8.34. The molecule has 2 aliphatic heterocycles. The van der Waals surface area contributed by atoms with E-state index in [4.69, 9.17) is 42.3 Å². The smallest absolute Gasteiger partial charge is 0.326 e. The van der Waals surface area contributed by atoms with Gasteiger partial charge in [-0.1, -0.05) is 68.2 Å². The molecule has 0 spiro atoms. The Balaban J connectivity index is 1.44. The van der Waals surface area contributed by atoms with Gasteiger partial charge >= 0.3 is 6.03 Å². The molecule has 2 aliphatic rings. The Hall–Kier alpha value is -4.38. The van der Waals surface area contributed by atoms with E-state index >= 15 is 4.79 Å². The molecule has 0 bridgehead atoms. The highest BCUT2D eigenvalue weighted by atomic mass is 35.5. The highest BCUT2D eigenvalue weighted by molar-refractivity contribution is 6.30. The SMILES string of the molecule is CCOc1cc(C(C)(C)C)ncc1C1=N[C@@](C)(c2ccc(Cl)cc2)[C@@](C)(c2ccc(Cl)cc2)N1C(=O)N1CCN(C(C)C(=O)Nc2ccco2)CC1. The van der Waals surface area contributed by atoms with Crippen molar-refractivity contribution in [1.29, 1.82) is 0 Å². The Bertz CT molecular complexity index is 1940. The topological polar surface area (TPSA) is 104 Å². The lowest BCUT2D eigenvalue weighted by Crippen LogP contribution is -2.61. The van der Waals surface area contributed by atoms with Crippen molar-refractivity contribution in [1.82, 2.24) is 19.7 Å². The maximum Gasteiger partial charge on any atom is 0.326 e. The molecule has 10 nitrogen and oxygen atoms in total. The minimum atomic E-state index is -1.06. The van der Waals surface area contributed by atoms with Gasteiger partial charge in [0.15, 0.2) is 5.88 Å². The van der Waals surface area contributed by atoms with Crippen molar-refractivity contribution in [2.75, 3.05) is 38.1 Å². The Kier molecular flexibility index (Phi) is 10.5. The van der Waals surface area contributed by atoms with Gasteiger partial charge < -0.3 is 14.1 Å². The molecule has 4 aromatic rings. The summed E-state index contributed by atoms with van der Waals surface area (Å²) in [7, 11) is 0. The van der Waals surface area contributed by atoms with Crippen LogP contribution in [0.2, 0.25) is 10.0 Å². The second-order valence-corrected chi connectivity index (χ2v) is 15.5. The Morgan fingerprint density at radius 1 is 0.962 bits per heavy atom. The molecule has 52 heavy (non-hydrogen) atoms. The molecule has 2 aromatic heterocycles. The molecule has 12 heteroatoms. The average molecular weight is 746 g/mol. The molecule has 1 unspecified atom stereocenters. The normalized spacial score (nSPS) is 21.5. The lowest BCUT2D eigenvalue weighted by atomic mass is 9.71. The van der Waals surface area contributed by atoms with Crippen LogP contribution in [0.5, 0.6) is 5.75 Å². The van der Waals surface area contributed by atoms with E-state index < -0.39 is 17.1 Å². The standard InChI is InChI=1S/C40H46Cl2N6O4/c1-8-51-32-24-33(38(3,4)5)43-25-31(32)35-45-39(6,27-11-15-29(41)16-12-27)40(7,28-13-17-30(42)18-14-28)48(35)37(50)47-21-19-46(20-22-47)26(2)36(49)44-34-10-9-23-52-34/h9-18,23-26H,8,19-22H2,1-7H3,(H,44,49)/t26?,39-,40+/m0/s1. The van der Waals surface area contributed by atoms with Crippen LogP contribution >= 0.6 is 23.2 Å². The zero-order valence-corrected chi connectivity index (χ0v) is 32.3. The van der Waals surface area contributed by atoms with Crippen LogP contribution in [0.4, 0.5) is 10.7 Å². The van der Waals surface area contributed by atoms with Gasteiger partial charge in [0.25, 0.3) is 0 Å². The third kappa shape index (κ3) is 6.91. The van der Waals surface area contributed by atoms with Crippen LogP contribution in [0, 0.1) is 0 Å². The molecule has 0 aliphatic carbocycles. The number of carbonyl (C=O) groups is 2. The van der Waals surface area contributed by atoms with E-state index in [0.29, 0.717) is 65.9 Å². The summed E-state index contributed by atoms with van der Waals surface area (Å²) < 4.78 is 11.6. The van der Waals surface area contributed by atoms with Crippen LogP contribution in [-0.4, -0.2) is 76.3 Å². The number of amides is 3. The van der Waals surface area contributed by atoms with Gasteiger partial charge in [0.05, 0.1) is 24.5 Å². The van der Waals surface area contributed by atoms with E-state index in [-0.39, 0.29) is 17.4 Å². The summed E-state index contributed by atoms with van der Waals surface area (Å²) in [6, 6.07) is 19.9. The highest BCUT2D eigenvalue weighted by Gasteiger charge is 2.60. The third-order valence-corrected chi connectivity index (χ3v) is 10.9. The number of carbonyl (C=O) groups excluding carboxylic acids is 2. The first-order chi connectivity index (χ1) is 24.7. The fourth-order valence-corrected chi connectivity index (χ4v) is 7.29. The number of benzene rings is 2. The monoisotopic (exact) mass is 744 g/mol. The summed E-state index contributed by atoms with van der Waals surface area (Å²) in [6.07, 6.45) is 3.29. The van der Waals surface area contributed by atoms with Gasteiger partial charge in [-0.25, -0.2) is 4.79 Å². The summed E-state index contributed by atoms with van der Waals surface area (Å²) >= 11 is 12.8. The summed E-state index contributed by atoms with van der Waals surface area (Å²) in [6.45, 7) is 16.4. The number of hydrogen-bond acceptors (Lipinski definition) is 7. The van der Waals surface area contributed by atoms with Crippen LogP contribution in [-0.2, 0) is 21.3 Å². The number of aliphatic imine (C=N–C) groups is 1. The van der Waals surface area contributed by atoms with Crippen molar-refractivity contribution < 1.29 is 18.7 Å². The lowest BCUT2D eigenvalue weighted by molar-refractivity contribution is -0.121. The predicted molar refractivity (Wildman–Crippen MR) is 205 cm³/mol. The highest BCUT2D eigenvalue weighted by Crippen LogP contribution is 2.54. The van der Waals surface area contributed by atoms with Gasteiger partial charge in [0.1, 0.15) is 22.7 Å². The number of pyridine rings is 1. The number of hydrogen-bond donors (Lipinski definition) is 1. The second-order valence-electron chi connectivity index (χ2n) is 14.6. The zero-order valence-electron chi connectivity index (χ0n) is 30.7. The molecule has 1 saturated heterocycles. The fraction of sp³-hybridized carbons (Fsp3) is 0.400. The van der Waals surface area contributed by atoms with Crippen LogP contribution < -0.4 is 10.1 Å². The first kappa shape index (κ1) is 37.4. The first-order valence-electron chi connectivity index (χ1n) is 17.6. The lowest BCUT2D eigenvalue weighted by Gasteiger charge is -2.47. The van der Waals surface area contributed by atoms with Crippen molar-refractivity contribution in [2.24, 2.45) is 4.99 Å². The maximum absolute atomic E-state index is 15.3. The number of urea groups is 1. The van der Waals surface area contributed by atoms with Gasteiger partial charge in [-0.15, -0.1) is 0 Å². The number of nitrogens with zero attached hydrogens (tertiary/aromatic N) is 5. The number of furan rings is 1. The minimum Gasteiger partial charge on any atom is -0.493 e. The Morgan fingerprint density at radius 3 is 2.13 bits per heavy atom. The van der Waals surface area contributed by atoms with Gasteiger partial charge in [0.2, 0.25) is 5.91 Å². The molecule has 4 heterocycles. The number of aromatic nitrogens is 1. The quantitative estimate of drug-likeness (QED) is 0.195. The van der Waals surface area contributed by atoms with Gasteiger partial charge in [-0.2, -0.15) is 0 Å². The number of amidine groups is 1. The Labute approximate surface area is 315 Å². The Morgan fingerprint density at radius 2 is 1.58 bits per heavy atom. The maximum atomic E-state index is 15.3. The number of rotatable bonds is 8. The summed E-state index contributed by atoms with van der Waals surface area (Å²) in [4.78, 5) is 44.4. The summed E-state index contributed by atoms with van der Waals surface area (Å²) in [5, 5.41) is 4.01. The van der Waals surface area contributed by atoms with Crippen LogP contribution in [0.1, 0.15) is 70.9 Å². The first-order valence-corrected chi connectivity index (χ1v) is 18.4. The van der Waals surface area contributed by atoms with E-state index in [2.05, 4.69) is 31.0 Å². The van der Waals surface area contributed by atoms with E-state index in [0.717, 1.165) is 16.8 Å². The average Bonchev–Trinajstić information content (AvgIpc) is 3.72. The summed E-state index contributed by atoms with van der Waals surface area (Å²) in [5.74, 6) is 1.27. The molecule has 1 fully saturated rings. The van der Waals surface area contributed by atoms with E-state index in [9.17, 15) is 4.79 Å². The van der Waals surface area contributed by atoms with E-state index in [1.165, 1.54) is 6.26 Å². The molecule has 3 atom stereocenters.